The second kappa shape index (κ2) is 6.52. The molecule has 0 aliphatic carbocycles. The Kier molecular flexibility index (Phi) is 4.47. The Morgan fingerprint density at radius 2 is 1.95 bits per heavy atom. The van der Waals surface area contributed by atoms with E-state index in [1.54, 1.807) is 11.3 Å². The molecule has 0 bridgehead atoms. The van der Waals surface area contributed by atoms with Crippen LogP contribution in [0.2, 0.25) is 0 Å². The van der Waals surface area contributed by atoms with E-state index in [1.807, 2.05) is 24.3 Å². The third-order valence-corrected chi connectivity index (χ3v) is 4.97. The summed E-state index contributed by atoms with van der Waals surface area (Å²) in [5.74, 6) is 0. The number of hydrogen-bond donors (Lipinski definition) is 3. The Balaban J connectivity index is 1.74. The maximum Gasteiger partial charge on any atom is 0.0602 e. The molecule has 3 nitrogen and oxygen atoms in total. The minimum atomic E-state index is 0.486. The summed E-state index contributed by atoms with van der Waals surface area (Å²) in [6, 6.07) is 14.1. The molecule has 112 valence electrons. The van der Waals surface area contributed by atoms with Crippen molar-refractivity contribution in [3.05, 3.63) is 70.0 Å². The quantitative estimate of drug-likeness (QED) is 0.536. The van der Waals surface area contributed by atoms with E-state index < -0.39 is 0 Å². The molecule has 0 radical (unpaired) electrons. The fourth-order valence-corrected chi connectivity index (χ4v) is 3.55. The number of rotatable bonds is 5. The van der Waals surface area contributed by atoms with Crippen molar-refractivity contribution in [2.45, 2.75) is 6.54 Å². The third kappa shape index (κ3) is 3.16. The summed E-state index contributed by atoms with van der Waals surface area (Å²) >= 11 is 5.28. The zero-order valence-electron chi connectivity index (χ0n) is 11.8. The van der Waals surface area contributed by atoms with Crippen molar-refractivity contribution in [2.24, 2.45) is 0 Å². The van der Waals surface area contributed by atoms with Gasteiger partial charge in [0.15, 0.2) is 0 Å². The van der Waals surface area contributed by atoms with Crippen molar-refractivity contribution in [1.82, 2.24) is 5.48 Å². The van der Waals surface area contributed by atoms with Gasteiger partial charge < -0.3 is 5.32 Å². The van der Waals surface area contributed by atoms with Gasteiger partial charge in [-0.05, 0) is 52.2 Å². The fourth-order valence-electron chi connectivity index (χ4n) is 2.24. The van der Waals surface area contributed by atoms with E-state index in [1.165, 1.54) is 15.6 Å². The molecule has 0 spiro atoms. The van der Waals surface area contributed by atoms with Crippen molar-refractivity contribution in [1.29, 1.82) is 0 Å². The topological polar surface area (TPSA) is 44.3 Å². The number of nitrogens with one attached hydrogen (secondary N) is 2. The van der Waals surface area contributed by atoms with E-state index in [4.69, 9.17) is 5.21 Å². The molecule has 0 atom stereocenters. The minimum absolute atomic E-state index is 0.486. The van der Waals surface area contributed by atoms with Gasteiger partial charge in [-0.25, -0.2) is 0 Å². The lowest BCUT2D eigenvalue weighted by Gasteiger charge is -2.08. The molecule has 3 aromatic rings. The van der Waals surface area contributed by atoms with E-state index in [2.05, 4.69) is 56.9 Å². The number of benzene rings is 2. The zero-order valence-corrected chi connectivity index (χ0v) is 14.2. The second-order valence-corrected chi connectivity index (χ2v) is 6.75. The molecule has 0 fully saturated rings. The van der Waals surface area contributed by atoms with E-state index in [9.17, 15) is 0 Å². The average molecular weight is 375 g/mol. The van der Waals surface area contributed by atoms with Gasteiger partial charge in [0.05, 0.1) is 5.70 Å². The van der Waals surface area contributed by atoms with Gasteiger partial charge in [-0.15, -0.1) is 11.3 Å². The van der Waals surface area contributed by atoms with Crippen molar-refractivity contribution < 1.29 is 5.21 Å². The molecule has 3 N–H and O–H groups in total. The van der Waals surface area contributed by atoms with E-state index in [0.29, 0.717) is 5.70 Å². The number of fused-ring (bicyclic) bond motifs is 1. The van der Waals surface area contributed by atoms with Gasteiger partial charge in [-0.3, -0.25) is 10.7 Å². The van der Waals surface area contributed by atoms with Gasteiger partial charge in [0, 0.05) is 21.4 Å². The van der Waals surface area contributed by atoms with Gasteiger partial charge in [0.25, 0.3) is 0 Å². The first-order valence-corrected chi connectivity index (χ1v) is 8.43. The van der Waals surface area contributed by atoms with Crippen molar-refractivity contribution >= 4 is 48.7 Å². The number of thiophene rings is 1. The first-order chi connectivity index (χ1) is 10.7. The van der Waals surface area contributed by atoms with Crippen LogP contribution in [0.5, 0.6) is 0 Å². The number of anilines is 1. The largest absolute Gasteiger partial charge is 0.381 e. The van der Waals surface area contributed by atoms with Crippen LogP contribution in [0.4, 0.5) is 5.69 Å². The molecule has 0 aliphatic heterocycles. The highest BCUT2D eigenvalue weighted by atomic mass is 79.9. The Morgan fingerprint density at radius 1 is 1.18 bits per heavy atom. The number of hydroxylamine groups is 1. The molecule has 0 unspecified atom stereocenters. The van der Waals surface area contributed by atoms with E-state index in [-0.39, 0.29) is 0 Å². The van der Waals surface area contributed by atoms with Crippen LogP contribution in [-0.4, -0.2) is 5.21 Å². The van der Waals surface area contributed by atoms with Crippen molar-refractivity contribution in [3.8, 4) is 0 Å². The Morgan fingerprint density at radius 3 is 2.68 bits per heavy atom. The lowest BCUT2D eigenvalue weighted by atomic mass is 10.1. The summed E-state index contributed by atoms with van der Waals surface area (Å²) in [6.07, 6.45) is 0. The molecule has 2 aromatic carbocycles. The molecule has 0 saturated carbocycles. The molecule has 0 amide bonds. The summed E-state index contributed by atoms with van der Waals surface area (Å²) < 4.78 is 2.39. The Bertz CT molecular complexity index is 811. The molecule has 0 saturated heterocycles. The smallest absolute Gasteiger partial charge is 0.0602 e. The molecule has 3 rings (SSSR count). The molecule has 22 heavy (non-hydrogen) atoms. The first-order valence-electron chi connectivity index (χ1n) is 6.76. The predicted molar refractivity (Wildman–Crippen MR) is 97.2 cm³/mol. The lowest BCUT2D eigenvalue weighted by molar-refractivity contribution is 0.225. The summed E-state index contributed by atoms with van der Waals surface area (Å²) in [5, 5.41) is 15.7. The van der Waals surface area contributed by atoms with Crippen LogP contribution in [0, 0.1) is 0 Å². The Labute approximate surface area is 141 Å². The fraction of sp³-hybridized carbons (Fsp3) is 0.0588. The van der Waals surface area contributed by atoms with Crippen LogP contribution < -0.4 is 10.8 Å². The summed E-state index contributed by atoms with van der Waals surface area (Å²) in [5.41, 5.74) is 5.72. The molecule has 1 heterocycles. The molecule has 5 heteroatoms. The van der Waals surface area contributed by atoms with Crippen LogP contribution in [0.3, 0.4) is 0 Å². The molecular formula is C17H15BrN2OS. The first kappa shape index (κ1) is 15.1. The highest BCUT2D eigenvalue weighted by Crippen LogP contribution is 2.29. The van der Waals surface area contributed by atoms with Gasteiger partial charge in [-0.1, -0.05) is 34.6 Å². The standard InChI is InChI=1S/C17H15BrN2OS/c1-11(20-21)12-2-5-15(6-3-12)19-9-13-10-22-17-7-4-14(18)8-16(13)17/h2-8,10,19-21H,1,9H2. The highest BCUT2D eigenvalue weighted by molar-refractivity contribution is 9.10. The van der Waals surface area contributed by atoms with Crippen LogP contribution >= 0.6 is 27.3 Å². The Hall–Kier alpha value is -1.82. The molecule has 1 aromatic heterocycles. The maximum atomic E-state index is 8.84. The SMILES string of the molecule is C=C(NO)c1ccc(NCc2csc3ccc(Br)cc23)cc1. The van der Waals surface area contributed by atoms with Crippen LogP contribution in [0.1, 0.15) is 11.1 Å². The van der Waals surface area contributed by atoms with Gasteiger partial charge >= 0.3 is 0 Å². The van der Waals surface area contributed by atoms with Gasteiger partial charge in [0.1, 0.15) is 0 Å². The molecule has 0 aliphatic rings. The number of hydrogen-bond acceptors (Lipinski definition) is 4. The third-order valence-electron chi connectivity index (χ3n) is 3.47. The van der Waals surface area contributed by atoms with Gasteiger partial charge in [-0.2, -0.15) is 0 Å². The average Bonchev–Trinajstić information content (AvgIpc) is 2.95. The molecular weight excluding hydrogens is 360 g/mol. The zero-order chi connectivity index (χ0) is 15.5. The van der Waals surface area contributed by atoms with Crippen molar-refractivity contribution in [2.75, 3.05) is 5.32 Å². The van der Waals surface area contributed by atoms with E-state index in [0.717, 1.165) is 22.3 Å². The monoisotopic (exact) mass is 374 g/mol. The predicted octanol–water partition coefficient (Wildman–Crippen LogP) is 5.23. The maximum absolute atomic E-state index is 8.84. The van der Waals surface area contributed by atoms with Crippen LogP contribution in [0.25, 0.3) is 15.8 Å². The van der Waals surface area contributed by atoms with Crippen LogP contribution in [-0.2, 0) is 6.54 Å². The lowest BCUT2D eigenvalue weighted by Crippen LogP contribution is -2.04. The number of halogens is 1. The summed E-state index contributed by atoms with van der Waals surface area (Å²) in [7, 11) is 0. The van der Waals surface area contributed by atoms with Gasteiger partial charge in [0.2, 0.25) is 0 Å². The second-order valence-electron chi connectivity index (χ2n) is 4.92. The van der Waals surface area contributed by atoms with Crippen molar-refractivity contribution in [3.63, 3.8) is 0 Å². The van der Waals surface area contributed by atoms with Crippen LogP contribution in [0.15, 0.2) is 58.9 Å². The normalized spacial score (nSPS) is 10.6. The minimum Gasteiger partial charge on any atom is -0.381 e. The summed E-state index contributed by atoms with van der Waals surface area (Å²) in [6.45, 7) is 4.49. The highest BCUT2D eigenvalue weighted by Gasteiger charge is 2.05. The van der Waals surface area contributed by atoms with E-state index >= 15 is 0 Å². The summed E-state index contributed by atoms with van der Waals surface area (Å²) in [4.78, 5) is 0.